The van der Waals surface area contributed by atoms with E-state index in [-0.39, 0.29) is 48.4 Å². The fourth-order valence-electron chi connectivity index (χ4n) is 4.87. The van der Waals surface area contributed by atoms with E-state index < -0.39 is 51.6 Å². The van der Waals surface area contributed by atoms with Crippen LogP contribution >= 0.6 is 10.2 Å². The average molecular weight is 656 g/mol. The molecule has 1 amide bonds. The molecule has 1 aliphatic carbocycles. The van der Waals surface area contributed by atoms with Crippen LogP contribution in [0.2, 0.25) is 0 Å². The van der Waals surface area contributed by atoms with Crippen molar-refractivity contribution in [2.45, 2.75) is 66.8 Å². The van der Waals surface area contributed by atoms with E-state index in [0.717, 1.165) is 17.4 Å². The van der Waals surface area contributed by atoms with E-state index >= 15 is 0 Å². The Labute approximate surface area is 249 Å². The van der Waals surface area contributed by atoms with Crippen LogP contribution in [0.3, 0.4) is 0 Å². The zero-order valence-electron chi connectivity index (χ0n) is 23.7. The number of hydrogen-bond donors (Lipinski definition) is 2. The fourth-order valence-corrected chi connectivity index (χ4v) is 5.52. The van der Waals surface area contributed by atoms with Gasteiger partial charge < -0.3 is 24.9 Å². The number of carbonyl (C=O) groups is 2. The van der Waals surface area contributed by atoms with Gasteiger partial charge in [-0.2, -0.15) is 5.26 Å². The molecule has 1 aromatic carbocycles. The first kappa shape index (κ1) is 34.9. The number of rotatable bonds is 8. The van der Waals surface area contributed by atoms with Crippen LogP contribution in [-0.2, 0) is 20.1 Å². The van der Waals surface area contributed by atoms with Crippen LogP contribution in [0.5, 0.6) is 0 Å². The van der Waals surface area contributed by atoms with Gasteiger partial charge in [0.1, 0.15) is 11.2 Å². The van der Waals surface area contributed by atoms with Gasteiger partial charge in [0.15, 0.2) is 6.19 Å². The molecule has 4 rings (SSSR count). The monoisotopic (exact) mass is 655 g/mol. The maximum absolute atomic E-state index is 13.4. The molecular formula is C27H32F7N5O4S. The highest BCUT2D eigenvalue weighted by Crippen LogP contribution is 3.02. The Morgan fingerprint density at radius 3 is 2.27 bits per heavy atom. The number of methoxy groups -OCH3 is 1. The number of amides is 1. The zero-order chi connectivity index (χ0) is 33.0. The highest BCUT2D eigenvalue weighted by molar-refractivity contribution is 8.45. The minimum absolute atomic E-state index is 0.0323. The van der Waals surface area contributed by atoms with Gasteiger partial charge in [-0.25, -0.2) is 8.78 Å². The normalized spacial score (nSPS) is 23.1. The molecule has 0 bridgehead atoms. The zero-order valence-corrected chi connectivity index (χ0v) is 24.5. The maximum Gasteiger partial charge on any atom is 0.310 e. The minimum Gasteiger partial charge on any atom is -0.379 e. The highest BCUT2D eigenvalue weighted by Gasteiger charge is 2.65. The Hall–Kier alpha value is -3.62. The Morgan fingerprint density at radius 1 is 1.20 bits per heavy atom. The van der Waals surface area contributed by atoms with Gasteiger partial charge in [0.2, 0.25) is 11.6 Å². The van der Waals surface area contributed by atoms with Crippen LogP contribution in [0.25, 0.3) is 0 Å². The van der Waals surface area contributed by atoms with Crippen LogP contribution in [0, 0.1) is 11.5 Å². The van der Waals surface area contributed by atoms with E-state index in [1.165, 1.54) is 30.3 Å². The number of pyridine rings is 1. The first-order chi connectivity index (χ1) is 20.2. The second-order valence-corrected chi connectivity index (χ2v) is 13.0. The van der Waals surface area contributed by atoms with Crippen molar-refractivity contribution in [1.29, 1.82) is 5.26 Å². The van der Waals surface area contributed by atoms with Crippen molar-refractivity contribution in [3.8, 4) is 6.19 Å². The van der Waals surface area contributed by atoms with Gasteiger partial charge in [-0.1, -0.05) is 25.5 Å². The van der Waals surface area contributed by atoms with Gasteiger partial charge in [0, 0.05) is 63.1 Å². The van der Waals surface area contributed by atoms with E-state index in [0.29, 0.717) is 25.1 Å². The molecule has 1 aliphatic heterocycles. The Bertz CT molecular complexity index is 1350. The van der Waals surface area contributed by atoms with Crippen molar-refractivity contribution >= 4 is 28.1 Å². The smallest absolute Gasteiger partial charge is 0.310 e. The molecule has 2 aliphatic rings. The van der Waals surface area contributed by atoms with Gasteiger partial charge in [0.25, 0.3) is 5.91 Å². The van der Waals surface area contributed by atoms with Gasteiger partial charge >= 0.3 is 10.2 Å². The summed E-state index contributed by atoms with van der Waals surface area (Å²) in [5, 5.41) is 22.5. The highest BCUT2D eigenvalue weighted by atomic mass is 32.5. The average Bonchev–Trinajstić information content (AvgIpc) is 3.40. The molecule has 2 N–H and O–H groups in total. The predicted octanol–water partition coefficient (Wildman–Crippen LogP) is 5.47. The molecule has 1 saturated heterocycles. The van der Waals surface area contributed by atoms with Gasteiger partial charge in [-0.15, -0.1) is 0 Å². The number of hydrogen-bond acceptors (Lipinski definition) is 8. The lowest BCUT2D eigenvalue weighted by molar-refractivity contribution is -0.142. The number of likely N-dealkylation sites (N-methyl/N-ethyl adjacent to an activating group) is 1. The minimum atomic E-state index is -9.91. The first-order valence-corrected chi connectivity index (χ1v) is 15.2. The third kappa shape index (κ3) is 8.30. The van der Waals surface area contributed by atoms with Gasteiger partial charge in [0.05, 0.1) is 18.7 Å². The summed E-state index contributed by atoms with van der Waals surface area (Å²) in [6, 6.07) is 3.53. The van der Waals surface area contributed by atoms with Crippen LogP contribution in [0.1, 0.15) is 37.7 Å². The topological polar surface area (TPSA) is 119 Å². The number of nitrogens with zero attached hydrogens (tertiary/aromatic N) is 4. The van der Waals surface area contributed by atoms with Crippen molar-refractivity contribution in [3.05, 3.63) is 54.4 Å². The summed E-state index contributed by atoms with van der Waals surface area (Å²) in [6.45, 7) is 0.538. The molecule has 0 spiro atoms. The summed E-state index contributed by atoms with van der Waals surface area (Å²) in [7, 11) is -7.14. The number of aromatic nitrogens is 1. The number of likely N-dealkylation sites (tertiary alicyclic amines) is 1. The van der Waals surface area contributed by atoms with Crippen LogP contribution in [0.15, 0.2) is 53.7 Å². The summed E-state index contributed by atoms with van der Waals surface area (Å²) >= 11 is 0. The number of ether oxygens (including phenoxy) is 1. The number of nitrogens with one attached hydrogen (secondary N) is 1. The molecule has 9 nitrogen and oxygen atoms in total. The summed E-state index contributed by atoms with van der Waals surface area (Å²) in [4.78, 5) is 27.6. The summed E-state index contributed by atoms with van der Waals surface area (Å²) in [5.41, 5.74) is -2.77. The quantitative estimate of drug-likeness (QED) is 0.166. The van der Waals surface area contributed by atoms with Crippen molar-refractivity contribution < 1.29 is 47.6 Å². The number of anilines is 1. The molecule has 1 saturated carbocycles. The molecular weight excluding hydrogens is 623 g/mol. The Balaban J connectivity index is 0.000000404. The van der Waals surface area contributed by atoms with Crippen molar-refractivity contribution in [2.75, 3.05) is 25.6 Å². The van der Waals surface area contributed by atoms with Gasteiger partial charge in [-0.3, -0.25) is 14.7 Å². The number of aliphatic hydroxyl groups is 1. The third-order valence-electron chi connectivity index (χ3n) is 7.51. The molecule has 244 valence electrons. The molecule has 3 atom stereocenters. The first-order valence-electron chi connectivity index (χ1n) is 13.3. The lowest BCUT2D eigenvalue weighted by Crippen LogP contribution is -2.58. The maximum atomic E-state index is 13.4. The third-order valence-corrected chi connectivity index (χ3v) is 8.67. The standard InChI is InChI=1S/C20H22F7N3O2S.C7H10N2O2/c1-30(16-4-6-17(7-5-16)33(23,24,25,26)27)20(32,14-3-2-12-28-13-14)18(31)29-15-8-10-19(21,22)11-9-15;1-11-7-2-6(4-10)9(3-7)5-8/h2-7,12-13,15,32H,8-11H2,1H3,(H,29,31);4,6-7H,2-3H2,1H3. The van der Waals surface area contributed by atoms with Crippen LogP contribution in [0.4, 0.5) is 33.9 Å². The number of benzene rings is 1. The molecule has 1 aromatic heterocycles. The Kier molecular flexibility index (Phi) is 9.55. The van der Waals surface area contributed by atoms with Gasteiger partial charge in [-0.05, 0) is 43.2 Å². The van der Waals surface area contributed by atoms with Crippen molar-refractivity contribution in [2.24, 2.45) is 0 Å². The van der Waals surface area contributed by atoms with Crippen LogP contribution in [-0.4, -0.2) is 72.0 Å². The lowest BCUT2D eigenvalue weighted by Gasteiger charge is -2.41. The fraction of sp³-hybridized carbons (Fsp3) is 0.481. The van der Waals surface area contributed by atoms with E-state index in [2.05, 4.69) is 10.3 Å². The second kappa shape index (κ2) is 12.1. The number of aldehydes is 1. The molecule has 3 unspecified atom stereocenters. The summed E-state index contributed by atoms with van der Waals surface area (Å²) in [5.74, 6) is -3.87. The molecule has 17 heteroatoms. The van der Waals surface area contributed by atoms with E-state index in [1.54, 1.807) is 7.11 Å². The second-order valence-electron chi connectivity index (χ2n) is 10.6. The predicted molar refractivity (Wildman–Crippen MR) is 147 cm³/mol. The van der Waals surface area contributed by atoms with Crippen LogP contribution < -0.4 is 10.2 Å². The van der Waals surface area contributed by atoms with Crippen molar-refractivity contribution in [3.63, 3.8) is 0 Å². The molecule has 0 radical (unpaired) electrons. The summed E-state index contributed by atoms with van der Waals surface area (Å²) < 4.78 is 97.0. The number of halogens is 7. The number of alkyl halides is 2. The number of carbonyl (C=O) groups excluding carboxylic acids is 2. The molecule has 2 aromatic rings. The largest absolute Gasteiger partial charge is 0.379 e. The number of nitriles is 1. The van der Waals surface area contributed by atoms with Crippen molar-refractivity contribution in [1.82, 2.24) is 15.2 Å². The summed E-state index contributed by atoms with van der Waals surface area (Å²) in [6.07, 6.45) is 4.94. The molecule has 2 heterocycles. The van der Waals surface area contributed by atoms with E-state index in [9.17, 15) is 42.9 Å². The molecule has 2 fully saturated rings. The lowest BCUT2D eigenvalue weighted by atomic mass is 9.91. The SMILES string of the molecule is CN(c1ccc(S(F)(F)(F)(F)F)cc1)C(O)(C(=O)NC1CCC(F)(F)CC1)c1cccnc1.COC1CC(C=O)N(C#N)C1. The van der Waals surface area contributed by atoms with E-state index in [4.69, 9.17) is 10.00 Å². The van der Waals surface area contributed by atoms with E-state index in [1.807, 2.05) is 6.19 Å². The Morgan fingerprint density at radius 2 is 1.82 bits per heavy atom. The molecule has 44 heavy (non-hydrogen) atoms.